The first-order valence-electron chi connectivity index (χ1n) is 8.56. The molecule has 0 aliphatic carbocycles. The average molecular weight is 354 g/mol. The summed E-state index contributed by atoms with van der Waals surface area (Å²) in [4.78, 5) is 40.3. The number of nitrogens with one attached hydrogen (secondary N) is 1. The maximum atomic E-state index is 12.7. The zero-order valence-corrected chi connectivity index (χ0v) is 15.0. The fourth-order valence-corrected chi connectivity index (χ4v) is 2.85. The third-order valence-electron chi connectivity index (χ3n) is 4.27. The lowest BCUT2D eigenvalue weighted by molar-refractivity contribution is -0.130. The number of aryl methyl sites for hydroxylation is 1. The highest BCUT2D eigenvalue weighted by Gasteiger charge is 2.24. The second-order valence-corrected chi connectivity index (χ2v) is 6.20. The number of hydrogen-bond donors (Lipinski definition) is 1. The zero-order chi connectivity index (χ0) is 18.5. The van der Waals surface area contributed by atoms with Crippen LogP contribution in [0.4, 0.5) is 5.82 Å². The van der Waals surface area contributed by atoms with Crippen LogP contribution < -0.4 is 5.32 Å². The van der Waals surface area contributed by atoms with Crippen LogP contribution in [0.5, 0.6) is 0 Å². The molecule has 1 N–H and O–H groups in total. The van der Waals surface area contributed by atoms with Crippen molar-refractivity contribution in [1.82, 2.24) is 24.8 Å². The number of anilines is 1. The summed E-state index contributed by atoms with van der Waals surface area (Å²) in [6.07, 6.45) is 3.50. The SMILES string of the molecule is CC(=O)N1CCN(C(=O)c2cc(NCc3cccnc3)nc(C)n2)CC1. The fourth-order valence-electron chi connectivity index (χ4n) is 2.85. The van der Waals surface area contributed by atoms with E-state index in [1.54, 1.807) is 42.1 Å². The van der Waals surface area contributed by atoms with E-state index in [4.69, 9.17) is 0 Å². The van der Waals surface area contributed by atoms with E-state index in [-0.39, 0.29) is 11.8 Å². The first-order chi connectivity index (χ1) is 12.5. The van der Waals surface area contributed by atoms with Gasteiger partial charge in [0.25, 0.3) is 5.91 Å². The Hall–Kier alpha value is -3.03. The molecule has 8 nitrogen and oxygen atoms in total. The topological polar surface area (TPSA) is 91.3 Å². The predicted octanol–water partition coefficient (Wildman–Crippen LogP) is 1.10. The molecule has 2 aromatic heterocycles. The summed E-state index contributed by atoms with van der Waals surface area (Å²) in [5, 5.41) is 3.21. The van der Waals surface area contributed by atoms with Gasteiger partial charge in [0.1, 0.15) is 17.3 Å². The Balaban J connectivity index is 1.67. The zero-order valence-electron chi connectivity index (χ0n) is 15.0. The molecule has 8 heteroatoms. The van der Waals surface area contributed by atoms with Crippen LogP contribution in [0.15, 0.2) is 30.6 Å². The molecular weight excluding hydrogens is 332 g/mol. The molecule has 3 rings (SSSR count). The predicted molar refractivity (Wildman–Crippen MR) is 96.5 cm³/mol. The summed E-state index contributed by atoms with van der Waals surface area (Å²) >= 11 is 0. The Labute approximate surface area is 152 Å². The van der Waals surface area contributed by atoms with E-state index in [0.717, 1.165) is 5.56 Å². The molecule has 1 aliphatic heterocycles. The number of piperazine rings is 1. The van der Waals surface area contributed by atoms with Crippen molar-refractivity contribution in [3.8, 4) is 0 Å². The molecule has 0 atom stereocenters. The number of aromatic nitrogens is 3. The molecule has 1 aliphatic rings. The van der Waals surface area contributed by atoms with Crippen molar-refractivity contribution in [2.75, 3.05) is 31.5 Å². The van der Waals surface area contributed by atoms with Crippen LogP contribution in [0.1, 0.15) is 28.8 Å². The molecule has 3 heterocycles. The van der Waals surface area contributed by atoms with Gasteiger partial charge in [-0.2, -0.15) is 0 Å². The molecule has 0 aromatic carbocycles. The highest BCUT2D eigenvalue weighted by atomic mass is 16.2. The van der Waals surface area contributed by atoms with Crippen molar-refractivity contribution in [2.45, 2.75) is 20.4 Å². The molecule has 0 spiro atoms. The molecular formula is C18H22N6O2. The van der Waals surface area contributed by atoms with Gasteiger partial charge >= 0.3 is 0 Å². The van der Waals surface area contributed by atoms with E-state index >= 15 is 0 Å². The number of amides is 2. The average Bonchev–Trinajstić information content (AvgIpc) is 2.66. The minimum atomic E-state index is -0.136. The second-order valence-electron chi connectivity index (χ2n) is 6.20. The summed E-state index contributed by atoms with van der Waals surface area (Å²) in [6, 6.07) is 5.51. The third kappa shape index (κ3) is 4.33. The van der Waals surface area contributed by atoms with Gasteiger partial charge in [0.15, 0.2) is 0 Å². The van der Waals surface area contributed by atoms with Gasteiger partial charge in [-0.25, -0.2) is 9.97 Å². The number of carbonyl (C=O) groups is 2. The van der Waals surface area contributed by atoms with E-state index in [1.807, 2.05) is 12.1 Å². The molecule has 0 radical (unpaired) electrons. The van der Waals surface area contributed by atoms with Crippen LogP contribution in [0.25, 0.3) is 0 Å². The molecule has 1 fully saturated rings. The maximum absolute atomic E-state index is 12.7. The van der Waals surface area contributed by atoms with Crippen molar-refractivity contribution >= 4 is 17.6 Å². The van der Waals surface area contributed by atoms with Crippen molar-refractivity contribution in [3.63, 3.8) is 0 Å². The lowest BCUT2D eigenvalue weighted by Gasteiger charge is -2.34. The van der Waals surface area contributed by atoms with E-state index < -0.39 is 0 Å². The Morgan fingerprint density at radius 2 is 1.88 bits per heavy atom. The standard InChI is InChI=1S/C18H22N6O2/c1-13-21-16(18(26)24-8-6-23(7-9-24)14(2)25)10-17(22-13)20-12-15-4-3-5-19-11-15/h3-5,10-11H,6-9,12H2,1-2H3,(H,20,21,22). The molecule has 0 saturated carbocycles. The molecule has 0 unspecified atom stereocenters. The number of pyridine rings is 1. The van der Waals surface area contributed by atoms with Gasteiger partial charge in [0.2, 0.25) is 5.91 Å². The van der Waals surface area contributed by atoms with E-state index in [9.17, 15) is 9.59 Å². The largest absolute Gasteiger partial charge is 0.366 e. The monoisotopic (exact) mass is 354 g/mol. The normalized spacial score (nSPS) is 14.2. The van der Waals surface area contributed by atoms with Gasteiger partial charge in [-0.3, -0.25) is 14.6 Å². The Bertz CT molecular complexity index is 788. The maximum Gasteiger partial charge on any atom is 0.272 e. The van der Waals surface area contributed by atoms with Gasteiger partial charge in [0.05, 0.1) is 0 Å². The Kier molecular flexibility index (Phi) is 5.40. The second kappa shape index (κ2) is 7.90. The summed E-state index contributed by atoms with van der Waals surface area (Å²) in [6.45, 7) is 6.01. The minimum Gasteiger partial charge on any atom is -0.366 e. The Morgan fingerprint density at radius 3 is 2.54 bits per heavy atom. The van der Waals surface area contributed by atoms with Crippen LogP contribution >= 0.6 is 0 Å². The van der Waals surface area contributed by atoms with Crippen molar-refractivity contribution < 1.29 is 9.59 Å². The lowest BCUT2D eigenvalue weighted by atomic mass is 10.2. The van der Waals surface area contributed by atoms with Gasteiger partial charge in [-0.1, -0.05) is 6.07 Å². The molecule has 2 aromatic rings. The number of carbonyl (C=O) groups excluding carboxylic acids is 2. The summed E-state index contributed by atoms with van der Waals surface area (Å²) in [5.74, 6) is 1.04. The quantitative estimate of drug-likeness (QED) is 0.884. The van der Waals surface area contributed by atoms with Crippen LogP contribution in [0.3, 0.4) is 0 Å². The fraction of sp³-hybridized carbons (Fsp3) is 0.389. The van der Waals surface area contributed by atoms with Gasteiger partial charge in [-0.05, 0) is 18.6 Å². The van der Waals surface area contributed by atoms with Crippen LogP contribution in [-0.4, -0.2) is 62.7 Å². The summed E-state index contributed by atoms with van der Waals surface area (Å²) in [7, 11) is 0. The van der Waals surface area contributed by atoms with E-state index in [2.05, 4.69) is 20.3 Å². The van der Waals surface area contributed by atoms with Gasteiger partial charge < -0.3 is 15.1 Å². The summed E-state index contributed by atoms with van der Waals surface area (Å²) < 4.78 is 0. The molecule has 2 amide bonds. The number of nitrogens with zero attached hydrogens (tertiary/aromatic N) is 5. The highest BCUT2D eigenvalue weighted by Crippen LogP contribution is 2.12. The lowest BCUT2D eigenvalue weighted by Crippen LogP contribution is -2.50. The molecule has 0 bridgehead atoms. The van der Waals surface area contributed by atoms with E-state index in [1.165, 1.54) is 0 Å². The molecule has 26 heavy (non-hydrogen) atoms. The first-order valence-corrected chi connectivity index (χ1v) is 8.56. The van der Waals surface area contributed by atoms with Crippen LogP contribution in [-0.2, 0) is 11.3 Å². The smallest absolute Gasteiger partial charge is 0.272 e. The van der Waals surface area contributed by atoms with Crippen LogP contribution in [0, 0.1) is 6.92 Å². The highest BCUT2D eigenvalue weighted by molar-refractivity contribution is 5.93. The number of rotatable bonds is 4. The number of hydrogen-bond acceptors (Lipinski definition) is 6. The van der Waals surface area contributed by atoms with E-state index in [0.29, 0.717) is 50.1 Å². The van der Waals surface area contributed by atoms with Crippen LogP contribution in [0.2, 0.25) is 0 Å². The molecule has 1 saturated heterocycles. The van der Waals surface area contributed by atoms with Crippen molar-refractivity contribution in [1.29, 1.82) is 0 Å². The minimum absolute atomic E-state index is 0.0388. The van der Waals surface area contributed by atoms with Gasteiger partial charge in [-0.15, -0.1) is 0 Å². The Morgan fingerprint density at radius 1 is 1.15 bits per heavy atom. The molecule has 136 valence electrons. The van der Waals surface area contributed by atoms with Crippen molar-refractivity contribution in [2.24, 2.45) is 0 Å². The van der Waals surface area contributed by atoms with Gasteiger partial charge in [0, 0.05) is 58.1 Å². The first kappa shape index (κ1) is 17.8. The van der Waals surface area contributed by atoms with Crippen molar-refractivity contribution in [3.05, 3.63) is 47.7 Å². The third-order valence-corrected chi connectivity index (χ3v) is 4.27. The summed E-state index contributed by atoms with van der Waals surface area (Å²) in [5.41, 5.74) is 1.39.